The third kappa shape index (κ3) is 3.01. The van der Waals surface area contributed by atoms with E-state index >= 15 is 0 Å². The Balaban J connectivity index is 2.09. The van der Waals surface area contributed by atoms with Crippen molar-refractivity contribution >= 4 is 5.91 Å². The second-order valence-corrected chi connectivity index (χ2v) is 4.81. The fourth-order valence-electron chi connectivity index (χ4n) is 2.41. The molecule has 0 unspecified atom stereocenters. The van der Waals surface area contributed by atoms with Crippen LogP contribution in [0.25, 0.3) is 0 Å². The molecule has 4 nitrogen and oxygen atoms in total. The summed E-state index contributed by atoms with van der Waals surface area (Å²) in [6.07, 6.45) is 2.10. The van der Waals surface area contributed by atoms with E-state index in [1.165, 1.54) is 0 Å². The number of amides is 1. The van der Waals surface area contributed by atoms with E-state index in [1.807, 2.05) is 0 Å². The highest BCUT2D eigenvalue weighted by Gasteiger charge is 2.27. The molecule has 0 saturated heterocycles. The molecule has 1 aliphatic carbocycles. The molecule has 2 atom stereocenters. The van der Waals surface area contributed by atoms with Gasteiger partial charge in [0, 0.05) is 24.8 Å². The van der Waals surface area contributed by atoms with E-state index in [4.69, 9.17) is 5.11 Å². The van der Waals surface area contributed by atoms with Crippen LogP contribution in [0.2, 0.25) is 0 Å². The Hall–Kier alpha value is -1.69. The number of benzene rings is 1. The topological polar surface area (TPSA) is 69.6 Å². The van der Waals surface area contributed by atoms with Gasteiger partial charge in [-0.3, -0.25) is 4.79 Å². The number of aliphatic hydroxyl groups excluding tert-OH is 1. The maximum Gasteiger partial charge on any atom is 0.258 e. The van der Waals surface area contributed by atoms with Crippen molar-refractivity contribution in [2.75, 3.05) is 6.61 Å². The monoisotopic (exact) mass is 271 g/mol. The van der Waals surface area contributed by atoms with Crippen LogP contribution in [0.15, 0.2) is 12.1 Å². The van der Waals surface area contributed by atoms with Gasteiger partial charge in [-0.2, -0.15) is 0 Å². The third-order valence-electron chi connectivity index (χ3n) is 3.40. The fraction of sp³-hybridized carbons (Fsp3) is 0.462. The first-order valence-electron chi connectivity index (χ1n) is 6.11. The normalized spacial score (nSPS) is 22.5. The summed E-state index contributed by atoms with van der Waals surface area (Å²) in [4.78, 5) is 11.9. The van der Waals surface area contributed by atoms with Crippen molar-refractivity contribution in [2.45, 2.75) is 25.3 Å². The summed E-state index contributed by atoms with van der Waals surface area (Å²) in [7, 11) is 0. The predicted octanol–water partition coefficient (Wildman–Crippen LogP) is 1.56. The minimum absolute atomic E-state index is 0.0581. The van der Waals surface area contributed by atoms with Gasteiger partial charge in [0.25, 0.3) is 5.91 Å². The van der Waals surface area contributed by atoms with Crippen molar-refractivity contribution in [3.63, 3.8) is 0 Å². The summed E-state index contributed by atoms with van der Waals surface area (Å²) >= 11 is 0. The van der Waals surface area contributed by atoms with Crippen LogP contribution in [0, 0.1) is 17.6 Å². The van der Waals surface area contributed by atoms with Crippen LogP contribution in [0.3, 0.4) is 0 Å². The Kier molecular flexibility index (Phi) is 3.99. The minimum Gasteiger partial charge on any atom is -0.507 e. The van der Waals surface area contributed by atoms with Crippen molar-refractivity contribution in [2.24, 2.45) is 5.92 Å². The van der Waals surface area contributed by atoms with E-state index in [-0.39, 0.29) is 18.6 Å². The zero-order valence-electron chi connectivity index (χ0n) is 10.2. The third-order valence-corrected chi connectivity index (χ3v) is 3.40. The standard InChI is InChI=1S/C13H15F2NO3/c14-8-4-10(15)12(11(18)5-8)13(19)16-9-2-1-7(3-9)6-17/h4-5,7,9,17-18H,1-3,6H2,(H,16,19)/t7-,9+/m1/s1. The zero-order valence-corrected chi connectivity index (χ0v) is 10.2. The van der Waals surface area contributed by atoms with Crippen LogP contribution in [0.5, 0.6) is 5.75 Å². The van der Waals surface area contributed by atoms with Crippen LogP contribution in [0.4, 0.5) is 8.78 Å². The second kappa shape index (κ2) is 5.52. The molecule has 104 valence electrons. The first kappa shape index (κ1) is 13.7. The van der Waals surface area contributed by atoms with E-state index in [9.17, 15) is 18.7 Å². The van der Waals surface area contributed by atoms with Gasteiger partial charge >= 0.3 is 0 Å². The lowest BCUT2D eigenvalue weighted by Crippen LogP contribution is -2.33. The molecule has 0 aromatic heterocycles. The Morgan fingerprint density at radius 1 is 1.37 bits per heavy atom. The largest absolute Gasteiger partial charge is 0.507 e. The Morgan fingerprint density at radius 2 is 2.11 bits per heavy atom. The van der Waals surface area contributed by atoms with E-state index in [2.05, 4.69) is 5.32 Å². The van der Waals surface area contributed by atoms with E-state index in [0.717, 1.165) is 6.42 Å². The molecule has 0 heterocycles. The number of nitrogens with one attached hydrogen (secondary N) is 1. The van der Waals surface area contributed by atoms with Crippen LogP contribution in [-0.2, 0) is 0 Å². The molecule has 0 bridgehead atoms. The number of hydrogen-bond acceptors (Lipinski definition) is 3. The molecule has 1 aromatic rings. The molecule has 0 spiro atoms. The molecular formula is C13H15F2NO3. The molecular weight excluding hydrogens is 256 g/mol. The number of halogens is 2. The number of hydrogen-bond donors (Lipinski definition) is 3. The van der Waals surface area contributed by atoms with Crippen LogP contribution >= 0.6 is 0 Å². The highest BCUT2D eigenvalue weighted by molar-refractivity contribution is 5.97. The van der Waals surface area contributed by atoms with Gasteiger partial charge in [-0.15, -0.1) is 0 Å². The van der Waals surface area contributed by atoms with E-state index in [0.29, 0.717) is 25.0 Å². The summed E-state index contributed by atoms with van der Waals surface area (Å²) in [6, 6.07) is 1.09. The quantitative estimate of drug-likeness (QED) is 0.781. The summed E-state index contributed by atoms with van der Waals surface area (Å²) in [5, 5.41) is 21.0. The average Bonchev–Trinajstić information content (AvgIpc) is 2.75. The molecule has 0 aliphatic heterocycles. The van der Waals surface area contributed by atoms with Gasteiger partial charge in [-0.25, -0.2) is 8.78 Å². The maximum absolute atomic E-state index is 13.5. The molecule has 1 aliphatic rings. The van der Waals surface area contributed by atoms with Gasteiger partial charge in [0.2, 0.25) is 0 Å². The summed E-state index contributed by atoms with van der Waals surface area (Å²) in [5.41, 5.74) is -0.547. The minimum atomic E-state index is -1.09. The molecule has 1 amide bonds. The molecule has 2 rings (SSSR count). The fourth-order valence-corrected chi connectivity index (χ4v) is 2.41. The number of carbonyl (C=O) groups is 1. The number of carbonyl (C=O) groups excluding carboxylic acids is 1. The zero-order chi connectivity index (χ0) is 14.0. The molecule has 1 aromatic carbocycles. The summed E-state index contributed by atoms with van der Waals surface area (Å²) < 4.78 is 26.3. The summed E-state index contributed by atoms with van der Waals surface area (Å²) in [6.45, 7) is 0.0581. The molecule has 3 N–H and O–H groups in total. The Morgan fingerprint density at radius 3 is 2.68 bits per heavy atom. The van der Waals surface area contributed by atoms with Gasteiger partial charge in [-0.05, 0) is 25.2 Å². The first-order chi connectivity index (χ1) is 9.01. The molecule has 19 heavy (non-hydrogen) atoms. The maximum atomic E-state index is 13.5. The molecule has 1 fully saturated rings. The number of aromatic hydroxyl groups is 1. The highest BCUT2D eigenvalue weighted by atomic mass is 19.1. The lowest BCUT2D eigenvalue weighted by molar-refractivity contribution is 0.0928. The molecule has 0 radical (unpaired) electrons. The van der Waals surface area contributed by atoms with Crippen molar-refractivity contribution in [3.05, 3.63) is 29.3 Å². The number of aliphatic hydroxyl groups is 1. The highest BCUT2D eigenvalue weighted by Crippen LogP contribution is 2.27. The van der Waals surface area contributed by atoms with Crippen molar-refractivity contribution < 1.29 is 23.8 Å². The smallest absolute Gasteiger partial charge is 0.258 e. The van der Waals surface area contributed by atoms with Crippen LogP contribution in [-0.4, -0.2) is 28.8 Å². The number of phenols is 1. The number of rotatable bonds is 3. The first-order valence-corrected chi connectivity index (χ1v) is 6.11. The van der Waals surface area contributed by atoms with Gasteiger partial charge in [0.15, 0.2) is 0 Å². The lowest BCUT2D eigenvalue weighted by atomic mass is 10.1. The molecule has 1 saturated carbocycles. The van der Waals surface area contributed by atoms with Crippen molar-refractivity contribution in [3.8, 4) is 5.75 Å². The van der Waals surface area contributed by atoms with Gasteiger partial charge in [0.05, 0.1) is 0 Å². The predicted molar refractivity (Wildman–Crippen MR) is 63.7 cm³/mol. The Bertz CT molecular complexity index is 470. The SMILES string of the molecule is O=C(N[C@H]1CC[C@@H](CO)C1)c1c(O)cc(F)cc1F. The second-order valence-electron chi connectivity index (χ2n) is 4.81. The van der Waals surface area contributed by atoms with E-state index in [1.54, 1.807) is 0 Å². The van der Waals surface area contributed by atoms with Gasteiger partial charge in [-0.1, -0.05) is 0 Å². The van der Waals surface area contributed by atoms with Crippen molar-refractivity contribution in [1.29, 1.82) is 0 Å². The summed E-state index contributed by atoms with van der Waals surface area (Å²) in [5.74, 6) is -3.37. The average molecular weight is 271 g/mol. The Labute approximate surface area is 109 Å². The van der Waals surface area contributed by atoms with Gasteiger partial charge < -0.3 is 15.5 Å². The molecule has 6 heteroatoms. The van der Waals surface area contributed by atoms with Crippen LogP contribution < -0.4 is 5.32 Å². The van der Waals surface area contributed by atoms with Gasteiger partial charge in [0.1, 0.15) is 22.9 Å². The van der Waals surface area contributed by atoms with E-state index < -0.39 is 28.9 Å². The lowest BCUT2D eigenvalue weighted by Gasteiger charge is -2.14. The van der Waals surface area contributed by atoms with Crippen molar-refractivity contribution in [1.82, 2.24) is 5.32 Å². The van der Waals surface area contributed by atoms with Crippen LogP contribution in [0.1, 0.15) is 29.6 Å². The number of phenolic OH excluding ortho intramolecular Hbond substituents is 1.